The van der Waals surface area contributed by atoms with E-state index in [-0.39, 0.29) is 16.5 Å². The van der Waals surface area contributed by atoms with Gasteiger partial charge in [-0.25, -0.2) is 8.42 Å². The van der Waals surface area contributed by atoms with Crippen LogP contribution in [0.1, 0.15) is 31.0 Å². The van der Waals surface area contributed by atoms with E-state index in [0.717, 1.165) is 5.56 Å². The summed E-state index contributed by atoms with van der Waals surface area (Å²) in [5.74, 6) is 0. The van der Waals surface area contributed by atoms with Crippen molar-refractivity contribution in [1.82, 2.24) is 5.32 Å². The maximum absolute atomic E-state index is 12.1. The van der Waals surface area contributed by atoms with Crippen LogP contribution in [0.15, 0.2) is 24.3 Å². The first-order chi connectivity index (χ1) is 7.93. The van der Waals surface area contributed by atoms with Crippen molar-refractivity contribution < 1.29 is 8.42 Å². The molecule has 3 atom stereocenters. The monoisotopic (exact) mass is 253 g/mol. The first kappa shape index (κ1) is 12.6. The minimum Gasteiger partial charge on any atom is -0.308 e. The first-order valence-electron chi connectivity index (χ1n) is 5.95. The van der Waals surface area contributed by atoms with E-state index in [2.05, 4.69) is 5.32 Å². The van der Waals surface area contributed by atoms with Gasteiger partial charge in [-0.15, -0.1) is 0 Å². The predicted molar refractivity (Wildman–Crippen MR) is 69.8 cm³/mol. The lowest BCUT2D eigenvalue weighted by molar-refractivity contribution is 0.458. The molecule has 0 radical (unpaired) electrons. The Morgan fingerprint density at radius 2 is 1.76 bits per heavy atom. The number of aryl methyl sites for hydroxylation is 1. The zero-order chi connectivity index (χ0) is 12.6. The highest BCUT2D eigenvalue weighted by atomic mass is 32.2. The van der Waals surface area contributed by atoms with Gasteiger partial charge in [0.1, 0.15) is 0 Å². The fourth-order valence-corrected chi connectivity index (χ4v) is 3.99. The zero-order valence-corrected chi connectivity index (χ0v) is 11.3. The van der Waals surface area contributed by atoms with Gasteiger partial charge in [0.2, 0.25) is 0 Å². The van der Waals surface area contributed by atoms with Crippen LogP contribution in [0.2, 0.25) is 0 Å². The normalized spacial score (nSPS) is 32.3. The molecule has 1 aliphatic rings. The van der Waals surface area contributed by atoms with Gasteiger partial charge in [0.15, 0.2) is 9.84 Å². The molecule has 94 valence electrons. The van der Waals surface area contributed by atoms with Crippen LogP contribution in [0.25, 0.3) is 0 Å². The van der Waals surface area contributed by atoms with Crippen LogP contribution in [0.5, 0.6) is 0 Å². The van der Waals surface area contributed by atoms with Gasteiger partial charge in [-0.1, -0.05) is 29.8 Å². The molecule has 4 heteroatoms. The average Bonchev–Trinajstić information content (AvgIpc) is 2.29. The van der Waals surface area contributed by atoms with Gasteiger partial charge < -0.3 is 5.32 Å². The van der Waals surface area contributed by atoms with E-state index >= 15 is 0 Å². The molecule has 0 aromatic heterocycles. The molecule has 0 amide bonds. The largest absolute Gasteiger partial charge is 0.308 e. The molecule has 1 aromatic rings. The topological polar surface area (TPSA) is 46.2 Å². The molecule has 1 heterocycles. The Kier molecular flexibility index (Phi) is 3.27. The Hall–Kier alpha value is -0.870. The van der Waals surface area contributed by atoms with Crippen molar-refractivity contribution in [3.8, 4) is 0 Å². The Bertz CT molecular complexity index is 493. The summed E-state index contributed by atoms with van der Waals surface area (Å²) < 4.78 is 24.2. The fraction of sp³-hybridized carbons (Fsp3) is 0.538. The van der Waals surface area contributed by atoms with Crippen molar-refractivity contribution in [2.75, 3.05) is 6.54 Å². The number of rotatable bonds is 1. The highest BCUT2D eigenvalue weighted by Crippen LogP contribution is 2.28. The molecular formula is C13H19NO2S. The summed E-state index contributed by atoms with van der Waals surface area (Å²) in [5.41, 5.74) is 2.24. The van der Waals surface area contributed by atoms with Crippen molar-refractivity contribution in [2.45, 2.75) is 37.3 Å². The molecule has 0 aliphatic carbocycles. The molecule has 2 rings (SSSR count). The van der Waals surface area contributed by atoms with E-state index in [0.29, 0.717) is 6.54 Å². The van der Waals surface area contributed by atoms with E-state index < -0.39 is 9.84 Å². The van der Waals surface area contributed by atoms with Crippen LogP contribution in [0.3, 0.4) is 0 Å². The standard InChI is InChI=1S/C13H19NO2S/c1-9-4-6-12(7-5-9)13-11(3)17(15,16)10(2)8-14-13/h4-7,10-11,13-14H,8H2,1-3H3. The minimum atomic E-state index is -3.01. The molecule has 17 heavy (non-hydrogen) atoms. The summed E-state index contributed by atoms with van der Waals surface area (Å²) in [7, 11) is -3.01. The van der Waals surface area contributed by atoms with Crippen LogP contribution in [-0.4, -0.2) is 25.5 Å². The van der Waals surface area contributed by atoms with Crippen molar-refractivity contribution in [3.63, 3.8) is 0 Å². The van der Waals surface area contributed by atoms with Gasteiger partial charge >= 0.3 is 0 Å². The third-order valence-electron chi connectivity index (χ3n) is 3.61. The van der Waals surface area contributed by atoms with Gasteiger partial charge in [-0.3, -0.25) is 0 Å². The van der Waals surface area contributed by atoms with Crippen molar-refractivity contribution >= 4 is 9.84 Å². The van der Waals surface area contributed by atoms with Crippen molar-refractivity contribution in [3.05, 3.63) is 35.4 Å². The van der Waals surface area contributed by atoms with Crippen molar-refractivity contribution in [1.29, 1.82) is 0 Å². The first-order valence-corrected chi connectivity index (χ1v) is 7.56. The molecule has 3 unspecified atom stereocenters. The number of nitrogens with one attached hydrogen (secondary N) is 1. The van der Waals surface area contributed by atoms with Crippen LogP contribution in [-0.2, 0) is 9.84 Å². The average molecular weight is 253 g/mol. The second kappa shape index (κ2) is 4.42. The Morgan fingerprint density at radius 3 is 2.35 bits per heavy atom. The number of benzene rings is 1. The molecule has 1 aromatic carbocycles. The van der Waals surface area contributed by atoms with E-state index in [4.69, 9.17) is 0 Å². The Balaban J connectivity index is 2.32. The van der Waals surface area contributed by atoms with Crippen molar-refractivity contribution in [2.24, 2.45) is 0 Å². The molecule has 0 saturated carbocycles. The molecule has 1 N–H and O–H groups in total. The molecule has 1 fully saturated rings. The molecule has 0 spiro atoms. The third kappa shape index (κ3) is 2.24. The van der Waals surface area contributed by atoms with E-state index in [1.54, 1.807) is 13.8 Å². The smallest absolute Gasteiger partial charge is 0.158 e. The molecule has 1 saturated heterocycles. The Labute approximate surface area is 103 Å². The lowest BCUT2D eigenvalue weighted by Crippen LogP contribution is -2.49. The zero-order valence-electron chi connectivity index (χ0n) is 10.5. The van der Waals surface area contributed by atoms with Gasteiger partial charge in [0.25, 0.3) is 0 Å². The van der Waals surface area contributed by atoms with Gasteiger partial charge in [0, 0.05) is 12.6 Å². The number of hydrogen-bond donors (Lipinski definition) is 1. The minimum absolute atomic E-state index is 0.0863. The lowest BCUT2D eigenvalue weighted by atomic mass is 10.0. The van der Waals surface area contributed by atoms with Crippen LogP contribution < -0.4 is 5.32 Å². The number of sulfone groups is 1. The molecular weight excluding hydrogens is 234 g/mol. The van der Waals surface area contributed by atoms with Gasteiger partial charge in [-0.05, 0) is 26.3 Å². The quantitative estimate of drug-likeness (QED) is 0.830. The fourth-order valence-electron chi connectivity index (χ4n) is 2.29. The van der Waals surface area contributed by atoms with E-state index in [1.165, 1.54) is 5.56 Å². The molecule has 0 bridgehead atoms. The summed E-state index contributed by atoms with van der Waals surface area (Å²) in [6.45, 7) is 6.12. The van der Waals surface area contributed by atoms with E-state index in [1.807, 2.05) is 31.2 Å². The van der Waals surface area contributed by atoms with Crippen LogP contribution in [0, 0.1) is 6.92 Å². The maximum atomic E-state index is 12.1. The molecule has 1 aliphatic heterocycles. The van der Waals surface area contributed by atoms with E-state index in [9.17, 15) is 8.42 Å². The predicted octanol–water partition coefficient (Wildman–Crippen LogP) is 1.83. The highest BCUT2D eigenvalue weighted by Gasteiger charge is 2.38. The lowest BCUT2D eigenvalue weighted by Gasteiger charge is -2.34. The second-order valence-corrected chi connectivity index (χ2v) is 7.63. The van der Waals surface area contributed by atoms with Gasteiger partial charge in [0.05, 0.1) is 10.5 Å². The third-order valence-corrected chi connectivity index (χ3v) is 6.21. The summed E-state index contributed by atoms with van der Waals surface area (Å²) in [6.07, 6.45) is 0. The Morgan fingerprint density at radius 1 is 1.18 bits per heavy atom. The van der Waals surface area contributed by atoms with Crippen LogP contribution in [0.4, 0.5) is 0 Å². The second-order valence-electron chi connectivity index (χ2n) is 4.90. The summed E-state index contributed by atoms with van der Waals surface area (Å²) in [6, 6.07) is 7.98. The summed E-state index contributed by atoms with van der Waals surface area (Å²) >= 11 is 0. The SMILES string of the molecule is Cc1ccc(C2NCC(C)S(=O)(=O)C2C)cc1. The molecule has 3 nitrogen and oxygen atoms in total. The highest BCUT2D eigenvalue weighted by molar-refractivity contribution is 7.92. The summed E-state index contributed by atoms with van der Waals surface area (Å²) in [5, 5.41) is 2.67. The van der Waals surface area contributed by atoms with Crippen LogP contribution >= 0.6 is 0 Å². The van der Waals surface area contributed by atoms with Gasteiger partial charge in [-0.2, -0.15) is 0 Å². The maximum Gasteiger partial charge on any atom is 0.158 e. The number of hydrogen-bond acceptors (Lipinski definition) is 3. The summed E-state index contributed by atoms with van der Waals surface area (Å²) in [4.78, 5) is 0.